The number of fused-ring (bicyclic) bond motifs is 1. The third-order valence-corrected chi connectivity index (χ3v) is 28.2. The number of carbonyl (C=O) groups is 4. The number of nitrogens with one attached hydrogen (secondary N) is 7. The maximum Gasteiger partial charge on any atom is 0.321 e. The lowest BCUT2D eigenvalue weighted by Gasteiger charge is -2.31. The van der Waals surface area contributed by atoms with Gasteiger partial charge in [0.2, 0.25) is 39.6 Å². The first-order valence-electron chi connectivity index (χ1n) is 43.8. The number of aromatic nitrogens is 16. The van der Waals surface area contributed by atoms with Crippen molar-refractivity contribution in [2.45, 2.75) is 135 Å². The second-order valence-electron chi connectivity index (χ2n) is 32.8. The smallest absolute Gasteiger partial charge is 0.321 e. The maximum atomic E-state index is 14.1. The summed E-state index contributed by atoms with van der Waals surface area (Å²) in [6.07, 6.45) is 22.7. The summed E-state index contributed by atoms with van der Waals surface area (Å²) in [6.45, 7) is 14.1. The van der Waals surface area contributed by atoms with E-state index in [-0.39, 0.29) is 76.8 Å². The van der Waals surface area contributed by atoms with Crippen molar-refractivity contribution in [1.82, 2.24) is 88.0 Å². The summed E-state index contributed by atoms with van der Waals surface area (Å²) < 4.78 is 165. The molecule has 742 valence electrons. The van der Waals surface area contributed by atoms with Crippen molar-refractivity contribution in [3.8, 4) is 61.6 Å². The molecule has 1 aliphatic carbocycles. The van der Waals surface area contributed by atoms with Crippen LogP contribution in [0.2, 0.25) is 5.15 Å². The van der Waals surface area contributed by atoms with Gasteiger partial charge in [-0.25, -0.2) is 91.5 Å². The normalized spacial score (nSPS) is 12.9. The highest BCUT2D eigenvalue weighted by molar-refractivity contribution is 7.91. The number of nitrogens with zero attached hydrogens (tertiary/aromatic N) is 18. The summed E-state index contributed by atoms with van der Waals surface area (Å²) in [5, 5.41) is 21.3. The van der Waals surface area contributed by atoms with Crippen LogP contribution >= 0.6 is 11.6 Å². The van der Waals surface area contributed by atoms with Gasteiger partial charge in [-0.15, -0.1) is 0 Å². The van der Waals surface area contributed by atoms with Crippen LogP contribution in [0.1, 0.15) is 124 Å². The molecular formula is C95H100ClF4N25O13S4. The Morgan fingerprint density at radius 1 is 0.493 bits per heavy atom. The maximum absolute atomic E-state index is 14.1. The molecule has 0 spiro atoms. The highest BCUT2D eigenvalue weighted by atomic mass is 35.5. The van der Waals surface area contributed by atoms with E-state index in [4.69, 9.17) is 16.3 Å². The molecule has 4 amide bonds. The minimum atomic E-state index is -4.08. The number of sulfone groups is 2. The molecule has 13 aromatic heterocycles. The van der Waals surface area contributed by atoms with Crippen molar-refractivity contribution in [2.75, 3.05) is 76.7 Å². The third kappa shape index (κ3) is 30.3. The Morgan fingerprint density at radius 3 is 1.45 bits per heavy atom. The molecule has 1 saturated carbocycles. The Hall–Kier alpha value is -14.8. The lowest BCUT2D eigenvalue weighted by molar-refractivity contribution is -0.115. The fourth-order valence-electron chi connectivity index (χ4n) is 13.9. The van der Waals surface area contributed by atoms with Gasteiger partial charge in [-0.3, -0.25) is 38.9 Å². The van der Waals surface area contributed by atoms with Gasteiger partial charge in [0.25, 0.3) is 5.92 Å². The van der Waals surface area contributed by atoms with Crippen molar-refractivity contribution >= 4 is 133 Å². The number of unbranched alkanes of at least 4 members (excludes halogenated alkanes) is 1. The lowest BCUT2D eigenvalue weighted by atomic mass is 10.1. The van der Waals surface area contributed by atoms with Gasteiger partial charge in [0.05, 0.1) is 53.2 Å². The van der Waals surface area contributed by atoms with Gasteiger partial charge in [0.1, 0.15) is 63.1 Å². The van der Waals surface area contributed by atoms with Crippen molar-refractivity contribution in [3.05, 3.63) is 258 Å². The summed E-state index contributed by atoms with van der Waals surface area (Å²) in [4.78, 5) is 104. The zero-order valence-corrected chi connectivity index (χ0v) is 82.9. The zero-order valence-electron chi connectivity index (χ0n) is 78.9. The van der Waals surface area contributed by atoms with E-state index in [1.54, 1.807) is 142 Å². The number of anilines is 9. The van der Waals surface area contributed by atoms with E-state index in [0.717, 1.165) is 79.4 Å². The molecule has 1 aliphatic heterocycles. The number of aryl methyl sites for hydroxylation is 4. The molecule has 2 aliphatic rings. The molecule has 0 bridgehead atoms. The van der Waals surface area contributed by atoms with Crippen LogP contribution in [0.15, 0.2) is 201 Å². The first-order valence-corrected chi connectivity index (χ1v) is 50.7. The highest BCUT2D eigenvalue weighted by Crippen LogP contribution is 2.40. The fraction of sp³-hybridized carbons (Fsp3) is 0.274. The van der Waals surface area contributed by atoms with Crippen LogP contribution in [0, 0.1) is 39.3 Å². The number of benzene rings is 1. The number of carbonyl (C=O) groups excluding carboxylic acids is 4. The second kappa shape index (κ2) is 47.0. The van der Waals surface area contributed by atoms with Crippen molar-refractivity contribution in [3.63, 3.8) is 0 Å². The van der Waals surface area contributed by atoms with Crippen LogP contribution in [-0.4, -0.2) is 191 Å². The SMILES string of the molecule is CC(=O)Nc1cc(-c2ccnc(Nc3ccnc(C4CC4)n3)c2)cn2nccc12.CC(=O)Nc1cc(-c2cnc(C)c(CS(=O)(=O)N3CCC(F)(F)CC3)c2)ccn1.CC(=O)Nc1cc(-c2cnc(Cl)c(NS(=O)(=O)N(C)C)c2)ccn1.CCCCS(=O)(=O)Cc1cc(-c2ccnc(NC(C)=O)c2)cnc1C.COc1nc(C)nc(Nc2cc(-c3cnc(C)c(CS(=O)(=O)c4ccc(F)cc4F)c3)ccn2)n1. The Bertz CT molecular complexity index is 7500. The summed E-state index contributed by atoms with van der Waals surface area (Å²) in [5.41, 5.74) is 12.5. The number of ether oxygens (including phenoxy) is 1. The molecule has 16 rings (SSSR count). The Morgan fingerprint density at radius 2 is 0.958 bits per heavy atom. The minimum absolute atomic E-state index is 0.0106. The molecule has 7 N–H and O–H groups in total. The zero-order chi connectivity index (χ0) is 103. The number of alkyl halides is 2. The molecule has 47 heteroatoms. The van der Waals surface area contributed by atoms with Crippen LogP contribution in [-0.2, 0) is 76.3 Å². The van der Waals surface area contributed by atoms with Crippen molar-refractivity contribution < 1.29 is 75.1 Å². The summed E-state index contributed by atoms with van der Waals surface area (Å²) >= 11 is 5.97. The quantitative estimate of drug-likeness (QED) is 0.0130. The van der Waals surface area contributed by atoms with E-state index in [1.807, 2.05) is 56.4 Å². The molecule has 1 aromatic carbocycles. The number of sulfonamides is 1. The van der Waals surface area contributed by atoms with E-state index in [1.165, 1.54) is 67.5 Å². The molecule has 38 nitrogen and oxygen atoms in total. The molecule has 2 fully saturated rings. The second-order valence-corrected chi connectivity index (χ2v) is 41.2. The number of pyridine rings is 10. The predicted molar refractivity (Wildman–Crippen MR) is 531 cm³/mol. The van der Waals surface area contributed by atoms with Crippen LogP contribution in [0.3, 0.4) is 0 Å². The number of hydrogen-bond donors (Lipinski definition) is 7. The molecule has 0 radical (unpaired) electrons. The number of amides is 4. The highest BCUT2D eigenvalue weighted by Gasteiger charge is 2.39. The Labute approximate surface area is 821 Å². The van der Waals surface area contributed by atoms with E-state index >= 15 is 0 Å². The van der Waals surface area contributed by atoms with Gasteiger partial charge in [0, 0.05) is 193 Å². The van der Waals surface area contributed by atoms with E-state index in [9.17, 15) is 70.4 Å². The fourth-order valence-corrected chi connectivity index (χ4v) is 19.4. The summed E-state index contributed by atoms with van der Waals surface area (Å²) in [6, 6.07) is 32.6. The van der Waals surface area contributed by atoms with Gasteiger partial charge < -0.3 is 36.6 Å². The minimum Gasteiger partial charge on any atom is -0.467 e. The standard InChI is InChI=1S/C23H20F2N6O3S.C21H19N7O.C19H22F2N4O3S.C18H23N3O3S.C14H16ClN5O3S/c1-13-17(12-35(32,33)20-5-4-18(24)10-19(20)25)8-16(11-27-13)15-6-7-26-21(9-15)30-22-28-14(2)29-23(31-22)34-3;1-13(29)25-17-10-16(12-28-18(17)5-9-24-28)15-4-7-22-20(11-15)26-19-6-8-23-21(27-19)14-2-3-14;1-13-17(12-29(27,28)25-7-4-19(20,21)5-8-25)9-16(11-23-13)15-3-6-22-18(10-15)24-14(2)26;1-4-5-8-25(23,24)12-17-9-16(11-20-13(17)2)15-6-7-19-18(10-15)21-14(3)22;1-9(21)18-13-7-10(4-5-16-13)11-6-12(14(15)17-8-11)19-24(22,23)20(2)3/h4-11H,12H2,1-3H3,(H,26,28,29,30,31);4-12,14H,2-3H2,1H3,(H,25,29)(H,22,23,26,27);3,6,9-11H,4-5,7-8,12H2,1-2H3,(H,22,24,26);6-7,9-11H,4-5,8,12H2,1-3H3,(H,19,21,22);4-8,19H,1-3H3,(H,16,18,21). The average Bonchev–Trinajstić information content (AvgIpc) is 1.67. The Kier molecular flexibility index (Phi) is 35.1. The van der Waals surface area contributed by atoms with Gasteiger partial charge in [0.15, 0.2) is 24.8 Å². The topological polar surface area (TPSA) is 503 Å². The molecule has 0 unspecified atom stereocenters. The number of rotatable bonds is 29. The van der Waals surface area contributed by atoms with Gasteiger partial charge in [-0.05, 0) is 207 Å². The van der Waals surface area contributed by atoms with Crippen LogP contribution in [0.4, 0.5) is 69.8 Å². The number of hydrogen-bond acceptors (Lipinski definition) is 30. The van der Waals surface area contributed by atoms with Gasteiger partial charge in [-0.1, -0.05) is 24.9 Å². The Balaban J connectivity index is 0.000000160. The average molecular weight is 2040 g/mol. The van der Waals surface area contributed by atoms with E-state index in [0.29, 0.717) is 126 Å². The third-order valence-electron chi connectivity index (χ3n) is 21.3. The van der Waals surface area contributed by atoms with E-state index < -0.39 is 81.0 Å². The van der Waals surface area contributed by atoms with Crippen LogP contribution in [0.25, 0.3) is 61.2 Å². The van der Waals surface area contributed by atoms with Crippen molar-refractivity contribution in [2.24, 2.45) is 0 Å². The number of halogens is 5. The molecule has 0 atom stereocenters. The largest absolute Gasteiger partial charge is 0.467 e. The number of piperidine rings is 1. The number of methoxy groups -OCH3 is 1. The van der Waals surface area contributed by atoms with E-state index in [2.05, 4.69) is 111 Å². The molecule has 142 heavy (non-hydrogen) atoms. The van der Waals surface area contributed by atoms with Gasteiger partial charge in [-0.2, -0.15) is 32.8 Å². The first kappa shape index (κ1) is 106. The monoisotopic (exact) mass is 2040 g/mol. The molecule has 14 heterocycles. The summed E-state index contributed by atoms with van der Waals surface area (Å²) in [5.74, 6) is -1.13. The molecule has 14 aromatic rings. The van der Waals surface area contributed by atoms with Crippen LogP contribution in [0.5, 0.6) is 6.01 Å². The molecular weight excluding hydrogens is 1940 g/mol. The summed E-state index contributed by atoms with van der Waals surface area (Å²) in [7, 11) is -10.4. The predicted octanol–water partition coefficient (Wildman–Crippen LogP) is 15.8. The van der Waals surface area contributed by atoms with Crippen LogP contribution < -0.4 is 41.4 Å². The molecule has 1 saturated heterocycles. The first-order chi connectivity index (χ1) is 67.3. The van der Waals surface area contributed by atoms with Crippen molar-refractivity contribution in [1.29, 1.82) is 0 Å². The lowest BCUT2D eigenvalue weighted by Crippen LogP contribution is -2.43. The van der Waals surface area contributed by atoms with Gasteiger partial charge >= 0.3 is 16.2 Å².